The zero-order chi connectivity index (χ0) is 16.2. The predicted molar refractivity (Wildman–Crippen MR) is 90.6 cm³/mol. The minimum Gasteiger partial charge on any atom is -0.325 e. The van der Waals surface area contributed by atoms with Crippen molar-refractivity contribution in [2.24, 2.45) is 11.7 Å². The number of anilines is 1. The minimum absolute atomic E-state index is 0. The van der Waals surface area contributed by atoms with Crippen molar-refractivity contribution in [1.82, 2.24) is 4.72 Å². The fourth-order valence-corrected chi connectivity index (χ4v) is 2.88. The molecule has 0 spiro atoms. The van der Waals surface area contributed by atoms with Gasteiger partial charge in [0.2, 0.25) is 15.9 Å². The lowest BCUT2D eigenvalue weighted by atomic mass is 10.1. The Bertz CT molecular complexity index is 586. The first kappa shape index (κ1) is 20.9. The molecule has 0 aliphatic heterocycles. The average Bonchev–Trinajstić information content (AvgIpc) is 2.36. The van der Waals surface area contributed by atoms with Crippen molar-refractivity contribution in [3.8, 4) is 0 Å². The number of hydrogen-bond donors (Lipinski definition) is 3. The SMILES string of the molecule is CC(C)NS(=O)(=O)c1ccc(NC(=O)[C@@H](N)C(C)C)cc1.Cl. The van der Waals surface area contributed by atoms with Gasteiger partial charge in [-0.05, 0) is 44.0 Å². The van der Waals surface area contributed by atoms with Crippen LogP contribution in [-0.4, -0.2) is 26.4 Å². The van der Waals surface area contributed by atoms with E-state index in [4.69, 9.17) is 5.73 Å². The molecule has 0 bridgehead atoms. The second-order valence-electron chi connectivity index (χ2n) is 5.56. The monoisotopic (exact) mass is 349 g/mol. The summed E-state index contributed by atoms with van der Waals surface area (Å²) in [4.78, 5) is 12.0. The number of hydrogen-bond acceptors (Lipinski definition) is 4. The molecule has 1 aromatic carbocycles. The molecule has 0 heterocycles. The Labute approximate surface area is 138 Å². The van der Waals surface area contributed by atoms with Gasteiger partial charge in [0, 0.05) is 11.7 Å². The Morgan fingerprint density at radius 3 is 2.00 bits per heavy atom. The number of benzene rings is 1. The molecule has 0 aliphatic rings. The topological polar surface area (TPSA) is 101 Å². The number of halogens is 1. The van der Waals surface area contributed by atoms with Crippen LogP contribution in [0.25, 0.3) is 0 Å². The van der Waals surface area contributed by atoms with Crippen LogP contribution in [0.5, 0.6) is 0 Å². The maximum absolute atomic E-state index is 12.0. The van der Waals surface area contributed by atoms with Gasteiger partial charge in [-0.1, -0.05) is 13.8 Å². The maximum Gasteiger partial charge on any atom is 0.241 e. The highest BCUT2D eigenvalue weighted by Gasteiger charge is 2.18. The third-order valence-corrected chi connectivity index (χ3v) is 4.52. The molecule has 0 saturated heterocycles. The highest BCUT2D eigenvalue weighted by atomic mass is 35.5. The number of sulfonamides is 1. The summed E-state index contributed by atoms with van der Waals surface area (Å²) >= 11 is 0. The van der Waals surface area contributed by atoms with Crippen LogP contribution in [0.15, 0.2) is 29.2 Å². The van der Waals surface area contributed by atoms with Crippen LogP contribution in [0.1, 0.15) is 27.7 Å². The van der Waals surface area contributed by atoms with Crippen LogP contribution < -0.4 is 15.8 Å². The Hall–Kier alpha value is -1.15. The van der Waals surface area contributed by atoms with Crippen LogP contribution in [0.4, 0.5) is 5.69 Å². The molecule has 1 aromatic rings. The van der Waals surface area contributed by atoms with E-state index in [9.17, 15) is 13.2 Å². The summed E-state index contributed by atoms with van der Waals surface area (Å²) in [5.74, 6) is -0.263. The van der Waals surface area contributed by atoms with E-state index >= 15 is 0 Å². The predicted octanol–water partition coefficient (Wildman–Crippen LogP) is 1.72. The number of carbonyl (C=O) groups excluding carboxylic acids is 1. The Morgan fingerprint density at radius 2 is 1.59 bits per heavy atom. The van der Waals surface area contributed by atoms with Gasteiger partial charge in [0.1, 0.15) is 0 Å². The Kier molecular flexibility index (Phi) is 8.03. The molecule has 22 heavy (non-hydrogen) atoms. The van der Waals surface area contributed by atoms with Gasteiger partial charge in [-0.25, -0.2) is 13.1 Å². The van der Waals surface area contributed by atoms with Gasteiger partial charge in [0.05, 0.1) is 10.9 Å². The van der Waals surface area contributed by atoms with E-state index < -0.39 is 16.1 Å². The Morgan fingerprint density at radius 1 is 1.09 bits per heavy atom. The van der Waals surface area contributed by atoms with E-state index in [-0.39, 0.29) is 35.2 Å². The van der Waals surface area contributed by atoms with Gasteiger partial charge in [0.15, 0.2) is 0 Å². The van der Waals surface area contributed by atoms with Gasteiger partial charge in [-0.2, -0.15) is 0 Å². The van der Waals surface area contributed by atoms with Gasteiger partial charge in [-0.15, -0.1) is 12.4 Å². The van der Waals surface area contributed by atoms with E-state index in [1.165, 1.54) is 12.1 Å². The van der Waals surface area contributed by atoms with Crippen molar-refractivity contribution in [1.29, 1.82) is 0 Å². The van der Waals surface area contributed by atoms with Crippen LogP contribution >= 0.6 is 12.4 Å². The summed E-state index contributed by atoms with van der Waals surface area (Å²) in [5.41, 5.74) is 6.26. The summed E-state index contributed by atoms with van der Waals surface area (Å²) in [6.45, 7) is 7.22. The normalized spacial score (nSPS) is 12.9. The van der Waals surface area contributed by atoms with Crippen LogP contribution in [0.3, 0.4) is 0 Å². The first-order valence-corrected chi connectivity index (χ1v) is 8.30. The first-order valence-electron chi connectivity index (χ1n) is 6.82. The summed E-state index contributed by atoms with van der Waals surface area (Å²) < 4.78 is 26.4. The van der Waals surface area contributed by atoms with E-state index in [0.717, 1.165) is 0 Å². The second-order valence-corrected chi connectivity index (χ2v) is 7.27. The van der Waals surface area contributed by atoms with Gasteiger partial charge in [0.25, 0.3) is 0 Å². The highest BCUT2D eigenvalue weighted by molar-refractivity contribution is 7.89. The summed E-state index contributed by atoms with van der Waals surface area (Å²) in [5, 5.41) is 2.66. The van der Waals surface area contributed by atoms with Crippen LogP contribution in [0.2, 0.25) is 0 Å². The zero-order valence-corrected chi connectivity index (χ0v) is 14.8. The van der Waals surface area contributed by atoms with E-state index in [0.29, 0.717) is 5.69 Å². The molecule has 126 valence electrons. The molecule has 1 amide bonds. The molecule has 0 aromatic heterocycles. The van der Waals surface area contributed by atoms with Crippen molar-refractivity contribution in [3.63, 3.8) is 0 Å². The molecule has 1 rings (SSSR count). The van der Waals surface area contributed by atoms with Crippen LogP contribution in [0, 0.1) is 5.92 Å². The molecule has 0 saturated carbocycles. The lowest BCUT2D eigenvalue weighted by Gasteiger charge is -2.15. The van der Waals surface area contributed by atoms with Crippen molar-refractivity contribution in [3.05, 3.63) is 24.3 Å². The molecule has 4 N–H and O–H groups in total. The van der Waals surface area contributed by atoms with Crippen molar-refractivity contribution < 1.29 is 13.2 Å². The molecule has 0 unspecified atom stereocenters. The van der Waals surface area contributed by atoms with Crippen molar-refractivity contribution in [2.45, 2.75) is 44.7 Å². The number of amides is 1. The quantitative estimate of drug-likeness (QED) is 0.727. The minimum atomic E-state index is -3.52. The molecule has 0 fully saturated rings. The molecular weight excluding hydrogens is 326 g/mol. The number of nitrogens with two attached hydrogens (primary N) is 1. The highest BCUT2D eigenvalue weighted by Crippen LogP contribution is 2.15. The average molecular weight is 350 g/mol. The summed E-state index contributed by atoms with van der Waals surface area (Å²) in [6, 6.07) is 5.19. The maximum atomic E-state index is 12.0. The van der Waals surface area contributed by atoms with E-state index in [1.54, 1.807) is 26.0 Å². The number of nitrogens with one attached hydrogen (secondary N) is 2. The molecule has 8 heteroatoms. The lowest BCUT2D eigenvalue weighted by Crippen LogP contribution is -2.39. The second kappa shape index (κ2) is 8.47. The molecule has 0 radical (unpaired) electrons. The third kappa shape index (κ3) is 5.92. The first-order chi connectivity index (χ1) is 9.63. The fraction of sp³-hybridized carbons (Fsp3) is 0.500. The number of carbonyl (C=O) groups is 1. The van der Waals surface area contributed by atoms with E-state index in [2.05, 4.69) is 10.0 Å². The smallest absolute Gasteiger partial charge is 0.241 e. The fourth-order valence-electron chi connectivity index (χ4n) is 1.62. The van der Waals surface area contributed by atoms with Gasteiger partial charge < -0.3 is 11.1 Å². The van der Waals surface area contributed by atoms with Gasteiger partial charge in [-0.3, -0.25) is 4.79 Å². The molecule has 1 atom stereocenters. The largest absolute Gasteiger partial charge is 0.325 e. The van der Waals surface area contributed by atoms with E-state index in [1.807, 2.05) is 13.8 Å². The van der Waals surface area contributed by atoms with Crippen LogP contribution in [-0.2, 0) is 14.8 Å². The summed E-state index contributed by atoms with van der Waals surface area (Å²) in [7, 11) is -3.52. The standard InChI is InChI=1S/C14H23N3O3S.ClH/c1-9(2)13(15)14(18)16-11-5-7-12(8-6-11)21(19,20)17-10(3)4;/h5-10,13,17H,15H2,1-4H3,(H,16,18);1H/t13-;/m0./s1. The molecule has 6 nitrogen and oxygen atoms in total. The number of rotatable bonds is 6. The summed E-state index contributed by atoms with van der Waals surface area (Å²) in [6.07, 6.45) is 0. The van der Waals surface area contributed by atoms with Gasteiger partial charge >= 0.3 is 0 Å². The van der Waals surface area contributed by atoms with Crippen molar-refractivity contribution >= 4 is 34.0 Å². The third-order valence-electron chi connectivity index (χ3n) is 2.84. The zero-order valence-electron chi connectivity index (χ0n) is 13.2. The lowest BCUT2D eigenvalue weighted by molar-refractivity contribution is -0.118. The Balaban J connectivity index is 0.00000441. The van der Waals surface area contributed by atoms with Crippen molar-refractivity contribution in [2.75, 3.05) is 5.32 Å². The molecule has 0 aliphatic carbocycles. The molecular formula is C14H24ClN3O3S.